The molecule has 628 valence electrons. The quantitative estimate of drug-likeness (QED) is 0.0356. The zero-order chi connectivity index (χ0) is 79.5. The largest absolute Gasteiger partial charge is 0.466 e. The van der Waals surface area contributed by atoms with Crippen LogP contribution in [0, 0.1) is 0 Å². The monoisotopic (exact) mass is 1550 g/mol. The molecule has 0 heterocycles. The van der Waals surface area contributed by atoms with Gasteiger partial charge in [0.1, 0.15) is 0 Å². The number of nitrogens with zero attached hydrogens (tertiary/aromatic N) is 2. The van der Waals surface area contributed by atoms with E-state index in [2.05, 4.69) is 173 Å². The van der Waals surface area contributed by atoms with E-state index in [1.54, 1.807) is 6.92 Å². The molecular formula is C90H188N2O9Si4. The molecule has 0 aromatic carbocycles. The summed E-state index contributed by atoms with van der Waals surface area (Å²) >= 11 is 0. The summed E-state index contributed by atoms with van der Waals surface area (Å²) in [5, 5.41) is 11.9. The Morgan fingerprint density at radius 2 is 0.467 bits per heavy atom. The van der Waals surface area contributed by atoms with E-state index in [0.717, 1.165) is 116 Å². The van der Waals surface area contributed by atoms with E-state index in [0.29, 0.717) is 13.2 Å². The standard InChI is InChI=1S/C90H188N2O9Si4/c1-26-30-34-38-42-46-50-58-66-80(98-102(18,19)86(5,6)7)76-91(77-81(99-103(20,21)87(8,9)10)67-59-51-47-43-39-35-31-27-2)70-62-54-56-64-72-96-84(93)74-90(17,95)75-85(94)97-73-65-57-55-63-71-92(78-82(100-104(22,23)88(11,12)13)68-60-52-48-44-40-36-32-28-3)79-83(101-105(24,25)89(14,15)16)69-61-53-49-45-41-37-33-29-4/h80-83,95H,26-79H2,1-25H3. The Kier molecular flexibility index (Phi) is 57.3. The van der Waals surface area contributed by atoms with Crippen LogP contribution in [0.2, 0.25) is 72.5 Å². The van der Waals surface area contributed by atoms with Gasteiger partial charge in [0.05, 0.1) is 56.1 Å². The van der Waals surface area contributed by atoms with E-state index in [4.69, 9.17) is 27.2 Å². The molecule has 0 amide bonds. The van der Waals surface area contributed by atoms with Gasteiger partial charge in [-0.05, 0) is 144 Å². The number of carbonyl (C=O) groups excluding carboxylic acids is 2. The van der Waals surface area contributed by atoms with E-state index in [9.17, 15) is 14.7 Å². The molecule has 0 aromatic heterocycles. The van der Waals surface area contributed by atoms with Crippen molar-refractivity contribution in [1.82, 2.24) is 9.80 Å². The van der Waals surface area contributed by atoms with Crippen molar-refractivity contribution in [2.45, 2.75) is 516 Å². The number of hydrogen-bond donors (Lipinski definition) is 1. The molecule has 0 radical (unpaired) electrons. The average Bonchev–Trinajstić information content (AvgIpc) is 0.844. The lowest BCUT2D eigenvalue weighted by Crippen LogP contribution is -2.50. The average molecular weight is 1550 g/mol. The van der Waals surface area contributed by atoms with Gasteiger partial charge in [-0.25, -0.2) is 0 Å². The summed E-state index contributed by atoms with van der Waals surface area (Å²) in [6.07, 6.45) is 54.3. The van der Waals surface area contributed by atoms with Crippen molar-refractivity contribution in [3.8, 4) is 0 Å². The Morgan fingerprint density at radius 1 is 0.286 bits per heavy atom. The van der Waals surface area contributed by atoms with Crippen LogP contribution in [0.3, 0.4) is 0 Å². The SMILES string of the molecule is CCCCCCCCCCC(CN(CCCCCCOC(=O)CC(C)(O)CC(=O)OCCCCCCN(CC(CCCCCCCCCC)O[Si](C)(C)C(C)(C)C)CC(CCCCCCCCCC)O[Si](C)(C)C(C)(C)C)CC(CCCCCCCCCC)O[Si](C)(C)C(C)(C)C)O[Si](C)(C)C(C)(C)C. The second kappa shape index (κ2) is 57.5. The Hall–Kier alpha value is -0.472. The Morgan fingerprint density at radius 3 is 0.667 bits per heavy atom. The number of carbonyl (C=O) groups is 2. The van der Waals surface area contributed by atoms with Crippen molar-refractivity contribution in [3.63, 3.8) is 0 Å². The summed E-state index contributed by atoms with van der Waals surface area (Å²) in [5.74, 6) is -0.947. The van der Waals surface area contributed by atoms with Crippen LogP contribution in [0.1, 0.15) is 413 Å². The van der Waals surface area contributed by atoms with Gasteiger partial charge < -0.3 is 32.3 Å². The third-order valence-corrected chi connectivity index (χ3v) is 42.9. The molecule has 0 fully saturated rings. The van der Waals surface area contributed by atoms with Crippen LogP contribution in [-0.4, -0.2) is 143 Å². The van der Waals surface area contributed by atoms with Crippen molar-refractivity contribution in [3.05, 3.63) is 0 Å². The molecule has 0 aliphatic heterocycles. The molecule has 0 saturated heterocycles. The van der Waals surface area contributed by atoms with Gasteiger partial charge in [-0.15, -0.1) is 0 Å². The van der Waals surface area contributed by atoms with E-state index < -0.39 is 50.8 Å². The molecule has 4 unspecified atom stereocenters. The molecule has 105 heavy (non-hydrogen) atoms. The highest BCUT2D eigenvalue weighted by atomic mass is 28.4. The van der Waals surface area contributed by atoms with Crippen LogP contribution >= 0.6 is 0 Å². The first-order chi connectivity index (χ1) is 49.1. The van der Waals surface area contributed by atoms with E-state index in [1.807, 2.05) is 0 Å². The highest BCUT2D eigenvalue weighted by Crippen LogP contribution is 2.42. The molecule has 0 aliphatic carbocycles. The van der Waals surface area contributed by atoms with Gasteiger partial charge in [-0.2, -0.15) is 0 Å². The molecule has 0 rings (SSSR count). The lowest BCUT2D eigenvalue weighted by atomic mass is 9.98. The second-order valence-electron chi connectivity index (χ2n) is 39.7. The first-order valence-corrected chi connectivity index (χ1v) is 56.9. The van der Waals surface area contributed by atoms with Crippen molar-refractivity contribution in [2.24, 2.45) is 0 Å². The zero-order valence-corrected chi connectivity index (χ0v) is 79.6. The van der Waals surface area contributed by atoms with Crippen LogP contribution in [0.4, 0.5) is 0 Å². The maximum Gasteiger partial charge on any atom is 0.308 e. The topological polar surface area (TPSA) is 116 Å². The summed E-state index contributed by atoms with van der Waals surface area (Å²) in [6.45, 7) is 65.1. The van der Waals surface area contributed by atoms with E-state index >= 15 is 0 Å². The fourth-order valence-electron chi connectivity index (χ4n) is 13.6. The third-order valence-electron chi connectivity index (χ3n) is 24.7. The fraction of sp³-hybridized carbons (Fsp3) is 0.978. The summed E-state index contributed by atoms with van der Waals surface area (Å²) in [4.78, 5) is 32.0. The lowest BCUT2D eigenvalue weighted by Gasteiger charge is -2.42. The highest BCUT2D eigenvalue weighted by Gasteiger charge is 2.44. The van der Waals surface area contributed by atoms with Crippen LogP contribution < -0.4 is 0 Å². The third kappa shape index (κ3) is 53.3. The van der Waals surface area contributed by atoms with Gasteiger partial charge >= 0.3 is 11.9 Å². The summed E-state index contributed by atoms with van der Waals surface area (Å²) < 4.78 is 41.1. The van der Waals surface area contributed by atoms with Gasteiger partial charge in [0.2, 0.25) is 0 Å². The van der Waals surface area contributed by atoms with Crippen LogP contribution in [0.5, 0.6) is 0 Å². The van der Waals surface area contributed by atoms with Crippen LogP contribution in [-0.2, 0) is 36.8 Å². The molecule has 0 bridgehead atoms. The molecule has 0 aliphatic rings. The Balaban J connectivity index is 6.03. The minimum Gasteiger partial charge on any atom is -0.466 e. The van der Waals surface area contributed by atoms with Crippen molar-refractivity contribution < 1.29 is 41.9 Å². The number of esters is 2. The Labute approximate surface area is 661 Å². The number of unbranched alkanes of at least 4 members (excludes halogenated alkanes) is 34. The lowest BCUT2D eigenvalue weighted by molar-refractivity contribution is -0.154. The molecule has 4 atom stereocenters. The predicted octanol–water partition coefficient (Wildman–Crippen LogP) is 28.0. The van der Waals surface area contributed by atoms with Gasteiger partial charge in [-0.1, -0.05) is 342 Å². The first kappa shape index (κ1) is 105. The maximum absolute atomic E-state index is 13.2. The van der Waals surface area contributed by atoms with Crippen LogP contribution in [0.15, 0.2) is 0 Å². The second-order valence-corrected chi connectivity index (χ2v) is 58.7. The summed E-state index contributed by atoms with van der Waals surface area (Å²) in [6, 6.07) is 0. The predicted molar refractivity (Wildman–Crippen MR) is 469 cm³/mol. The number of ether oxygens (including phenoxy) is 2. The minimum absolute atomic E-state index is 0.133. The van der Waals surface area contributed by atoms with Gasteiger partial charge in [0.25, 0.3) is 0 Å². The first-order valence-electron chi connectivity index (χ1n) is 45.3. The number of rotatable bonds is 70. The molecule has 0 aromatic rings. The minimum atomic E-state index is -2.04. The normalized spacial score (nSPS) is 15.0. The zero-order valence-electron chi connectivity index (χ0n) is 75.6. The summed E-state index contributed by atoms with van der Waals surface area (Å²) in [7, 11) is -8.17. The smallest absolute Gasteiger partial charge is 0.308 e. The molecular weight excluding hydrogens is 1370 g/mol. The molecule has 1 N–H and O–H groups in total. The number of hydrogen-bond acceptors (Lipinski definition) is 11. The highest BCUT2D eigenvalue weighted by molar-refractivity contribution is 6.75. The van der Waals surface area contributed by atoms with E-state index in [1.165, 1.54) is 205 Å². The molecule has 0 saturated carbocycles. The van der Waals surface area contributed by atoms with Crippen molar-refractivity contribution in [2.75, 3.05) is 52.5 Å². The van der Waals surface area contributed by atoms with Gasteiger partial charge in [0, 0.05) is 26.2 Å². The Bertz CT molecular complexity index is 1830. The maximum atomic E-state index is 13.2. The molecule has 15 heteroatoms. The van der Waals surface area contributed by atoms with Crippen molar-refractivity contribution in [1.29, 1.82) is 0 Å². The molecule has 11 nitrogen and oxygen atoms in total. The van der Waals surface area contributed by atoms with Crippen LogP contribution in [0.25, 0.3) is 0 Å². The van der Waals surface area contributed by atoms with Gasteiger partial charge in [0.15, 0.2) is 33.3 Å². The number of aliphatic hydroxyl groups is 1. The van der Waals surface area contributed by atoms with Crippen molar-refractivity contribution >= 4 is 45.2 Å². The fourth-order valence-corrected chi connectivity index (χ4v) is 19.1. The van der Waals surface area contributed by atoms with E-state index in [-0.39, 0.29) is 57.4 Å². The molecule has 0 spiro atoms. The summed E-state index contributed by atoms with van der Waals surface area (Å²) in [5.41, 5.74) is -1.55. The van der Waals surface area contributed by atoms with Gasteiger partial charge in [-0.3, -0.25) is 19.4 Å².